The number of nitrogens with one attached hydrogen (secondary N) is 2. The van der Waals surface area contributed by atoms with Gasteiger partial charge in [0.25, 0.3) is 11.8 Å². The molecule has 0 unspecified atom stereocenters. The number of halogens is 2. The van der Waals surface area contributed by atoms with Gasteiger partial charge in [-0.25, -0.2) is 13.8 Å². The molecule has 2 N–H and O–H groups in total. The van der Waals surface area contributed by atoms with Crippen LogP contribution in [-0.2, 0) is 0 Å². The van der Waals surface area contributed by atoms with Crippen LogP contribution in [0, 0.1) is 11.6 Å². The summed E-state index contributed by atoms with van der Waals surface area (Å²) < 4.78 is 28.0. The Balaban J connectivity index is 1.61. The summed E-state index contributed by atoms with van der Waals surface area (Å²) in [6.07, 6.45) is 6.82. The van der Waals surface area contributed by atoms with Crippen molar-refractivity contribution in [3.05, 3.63) is 65.7 Å². The van der Waals surface area contributed by atoms with Gasteiger partial charge in [0.05, 0.1) is 5.52 Å². The summed E-state index contributed by atoms with van der Waals surface area (Å²) in [5.74, 6) is -3.04. The zero-order valence-electron chi connectivity index (χ0n) is 15.6. The first kappa shape index (κ1) is 19.0. The summed E-state index contributed by atoms with van der Waals surface area (Å²) in [7, 11) is 0. The van der Waals surface area contributed by atoms with Gasteiger partial charge in [0.2, 0.25) is 5.82 Å². The molecule has 6 nitrogen and oxygen atoms in total. The van der Waals surface area contributed by atoms with E-state index in [1.165, 1.54) is 16.9 Å². The predicted molar refractivity (Wildman–Crippen MR) is 104 cm³/mol. The number of anilines is 1. The molecule has 0 atom stereocenters. The van der Waals surface area contributed by atoms with Gasteiger partial charge in [0, 0.05) is 24.0 Å². The van der Waals surface area contributed by atoms with Crippen molar-refractivity contribution in [2.75, 3.05) is 5.32 Å². The normalized spacial score (nSPS) is 14.7. The standard InChI is InChI=1S/C21H20F2N4O2/c22-15-10-9-14(12-16(15)23)25-21(29)19-26-18(17-8-4-5-11-27(17)19)20(28)24-13-6-2-1-3-7-13/h4-5,8-13H,1-3,6-7H2,(H,24,28)(H,25,29). The molecular formula is C21H20F2N4O2. The largest absolute Gasteiger partial charge is 0.348 e. The average Bonchev–Trinajstić information content (AvgIpc) is 3.11. The maximum atomic E-state index is 13.4. The first-order chi connectivity index (χ1) is 14.0. The maximum absolute atomic E-state index is 13.4. The van der Waals surface area contributed by atoms with Gasteiger partial charge in [0.15, 0.2) is 17.3 Å². The number of carbonyl (C=O) groups is 2. The lowest BCUT2D eigenvalue weighted by Crippen LogP contribution is -2.36. The van der Waals surface area contributed by atoms with Gasteiger partial charge in [-0.15, -0.1) is 0 Å². The number of aromatic nitrogens is 2. The number of benzene rings is 1. The smallest absolute Gasteiger partial charge is 0.292 e. The fourth-order valence-electron chi connectivity index (χ4n) is 3.63. The molecule has 1 fully saturated rings. The van der Waals surface area contributed by atoms with Crippen molar-refractivity contribution in [3.8, 4) is 0 Å². The van der Waals surface area contributed by atoms with E-state index >= 15 is 0 Å². The van der Waals surface area contributed by atoms with Crippen LogP contribution in [0.4, 0.5) is 14.5 Å². The Morgan fingerprint density at radius 3 is 2.55 bits per heavy atom. The minimum absolute atomic E-state index is 0.0147. The van der Waals surface area contributed by atoms with E-state index in [0.717, 1.165) is 37.8 Å². The van der Waals surface area contributed by atoms with Crippen molar-refractivity contribution >= 4 is 23.0 Å². The van der Waals surface area contributed by atoms with Gasteiger partial charge >= 0.3 is 0 Å². The van der Waals surface area contributed by atoms with Gasteiger partial charge in [-0.3, -0.25) is 14.0 Å². The van der Waals surface area contributed by atoms with Gasteiger partial charge < -0.3 is 10.6 Å². The summed E-state index contributed by atoms with van der Waals surface area (Å²) in [6, 6.07) is 8.35. The third kappa shape index (κ3) is 3.96. The highest BCUT2D eigenvalue weighted by atomic mass is 19.2. The molecule has 1 aromatic carbocycles. The van der Waals surface area contributed by atoms with Crippen molar-refractivity contribution < 1.29 is 18.4 Å². The van der Waals surface area contributed by atoms with Gasteiger partial charge in [0.1, 0.15) is 0 Å². The molecule has 0 aliphatic heterocycles. The lowest BCUT2D eigenvalue weighted by molar-refractivity contribution is 0.0925. The van der Waals surface area contributed by atoms with Crippen LogP contribution in [0.1, 0.15) is 53.2 Å². The molecule has 8 heteroatoms. The van der Waals surface area contributed by atoms with Gasteiger partial charge in [-0.2, -0.15) is 0 Å². The number of fused-ring (bicyclic) bond motifs is 1. The minimum atomic E-state index is -1.07. The second-order valence-corrected chi connectivity index (χ2v) is 7.13. The Morgan fingerprint density at radius 1 is 1.00 bits per heavy atom. The van der Waals surface area contributed by atoms with Crippen LogP contribution in [0.25, 0.3) is 5.52 Å². The Hall–Kier alpha value is -3.29. The number of nitrogens with zero attached hydrogens (tertiary/aromatic N) is 2. The van der Waals surface area contributed by atoms with Crippen LogP contribution in [0.15, 0.2) is 42.6 Å². The van der Waals surface area contributed by atoms with E-state index in [4.69, 9.17) is 0 Å². The number of imidazole rings is 1. The highest BCUT2D eigenvalue weighted by Gasteiger charge is 2.24. The second-order valence-electron chi connectivity index (χ2n) is 7.13. The Kier molecular flexibility index (Phi) is 5.24. The molecule has 1 saturated carbocycles. The predicted octanol–water partition coefficient (Wildman–Crippen LogP) is 3.93. The lowest BCUT2D eigenvalue weighted by Gasteiger charge is -2.22. The Morgan fingerprint density at radius 2 is 1.79 bits per heavy atom. The van der Waals surface area contributed by atoms with Crippen LogP contribution in [0.3, 0.4) is 0 Å². The van der Waals surface area contributed by atoms with Crippen LogP contribution < -0.4 is 10.6 Å². The third-order valence-corrected chi connectivity index (χ3v) is 5.08. The maximum Gasteiger partial charge on any atom is 0.292 e. The Bertz CT molecular complexity index is 1070. The second kappa shape index (κ2) is 7.98. The van der Waals surface area contributed by atoms with E-state index in [0.29, 0.717) is 5.52 Å². The summed E-state index contributed by atoms with van der Waals surface area (Å²) in [5, 5.41) is 5.50. The zero-order chi connectivity index (χ0) is 20.4. The van der Waals surface area contributed by atoms with E-state index in [2.05, 4.69) is 15.6 Å². The van der Waals surface area contributed by atoms with Crippen LogP contribution in [0.5, 0.6) is 0 Å². The quantitative estimate of drug-likeness (QED) is 0.699. The van der Waals surface area contributed by atoms with Crippen molar-refractivity contribution in [1.82, 2.24) is 14.7 Å². The van der Waals surface area contributed by atoms with Crippen LogP contribution in [0.2, 0.25) is 0 Å². The fraction of sp³-hybridized carbons (Fsp3) is 0.286. The van der Waals surface area contributed by atoms with E-state index in [9.17, 15) is 18.4 Å². The average molecular weight is 398 g/mol. The third-order valence-electron chi connectivity index (χ3n) is 5.08. The Labute approximate surface area is 165 Å². The van der Waals surface area contributed by atoms with Crippen LogP contribution in [-0.4, -0.2) is 27.2 Å². The number of pyridine rings is 1. The molecule has 4 rings (SSSR count). The highest BCUT2D eigenvalue weighted by Crippen LogP contribution is 2.20. The number of rotatable bonds is 4. The van der Waals surface area contributed by atoms with Gasteiger partial charge in [-0.05, 0) is 37.1 Å². The molecular weight excluding hydrogens is 378 g/mol. The molecule has 3 aromatic rings. The van der Waals surface area contributed by atoms with Crippen molar-refractivity contribution in [3.63, 3.8) is 0 Å². The topological polar surface area (TPSA) is 75.5 Å². The molecule has 0 spiro atoms. The number of amides is 2. The summed E-state index contributed by atoms with van der Waals surface area (Å²) in [5.41, 5.74) is 0.748. The molecule has 2 amide bonds. The lowest BCUT2D eigenvalue weighted by atomic mass is 9.95. The van der Waals surface area contributed by atoms with E-state index in [1.807, 2.05) is 0 Å². The summed E-state index contributed by atoms with van der Waals surface area (Å²) >= 11 is 0. The summed E-state index contributed by atoms with van der Waals surface area (Å²) in [4.78, 5) is 29.8. The highest BCUT2D eigenvalue weighted by molar-refractivity contribution is 6.06. The monoisotopic (exact) mass is 398 g/mol. The molecule has 1 aliphatic carbocycles. The molecule has 150 valence electrons. The number of hydrogen-bond acceptors (Lipinski definition) is 3. The molecule has 0 saturated heterocycles. The fourth-order valence-corrected chi connectivity index (χ4v) is 3.63. The zero-order valence-corrected chi connectivity index (χ0v) is 15.6. The van der Waals surface area contributed by atoms with Crippen LogP contribution >= 0.6 is 0 Å². The SMILES string of the molecule is O=C(NC1CCCCC1)c1nc(C(=O)Nc2ccc(F)c(F)c2)n2ccccc12. The molecule has 1 aliphatic rings. The molecule has 0 bridgehead atoms. The minimum Gasteiger partial charge on any atom is -0.348 e. The number of carbonyl (C=O) groups excluding carboxylic acids is 2. The van der Waals surface area contributed by atoms with Gasteiger partial charge in [-0.1, -0.05) is 25.3 Å². The van der Waals surface area contributed by atoms with Crippen molar-refractivity contribution in [2.24, 2.45) is 0 Å². The summed E-state index contributed by atoms with van der Waals surface area (Å²) in [6.45, 7) is 0. The van der Waals surface area contributed by atoms with E-state index in [1.54, 1.807) is 24.4 Å². The molecule has 2 heterocycles. The molecule has 2 aromatic heterocycles. The van der Waals surface area contributed by atoms with Crippen molar-refractivity contribution in [2.45, 2.75) is 38.1 Å². The first-order valence-electron chi connectivity index (χ1n) is 9.57. The number of hydrogen-bond donors (Lipinski definition) is 2. The first-order valence-corrected chi connectivity index (χ1v) is 9.57. The molecule has 29 heavy (non-hydrogen) atoms. The van der Waals surface area contributed by atoms with Crippen molar-refractivity contribution in [1.29, 1.82) is 0 Å². The van der Waals surface area contributed by atoms with E-state index < -0.39 is 17.5 Å². The van der Waals surface area contributed by atoms with E-state index in [-0.39, 0.29) is 29.2 Å². The molecule has 0 radical (unpaired) electrons.